The maximum absolute atomic E-state index is 12.7. The predicted molar refractivity (Wildman–Crippen MR) is 108 cm³/mol. The quantitative estimate of drug-likeness (QED) is 0.673. The maximum atomic E-state index is 12.7. The summed E-state index contributed by atoms with van der Waals surface area (Å²) in [6.45, 7) is 0.721. The maximum Gasteiger partial charge on any atom is 0.360 e. The van der Waals surface area contributed by atoms with Crippen LogP contribution in [0.4, 0.5) is 16.2 Å². The van der Waals surface area contributed by atoms with Crippen molar-refractivity contribution in [3.8, 4) is 5.75 Å². The van der Waals surface area contributed by atoms with E-state index < -0.39 is 11.5 Å². The molecule has 3 amide bonds. The molecule has 4 rings (SSSR count). The lowest BCUT2D eigenvalue weighted by Gasteiger charge is -2.18. The minimum absolute atomic E-state index is 0.0485. The van der Waals surface area contributed by atoms with Crippen LogP contribution in [0, 0.1) is 0 Å². The van der Waals surface area contributed by atoms with Crippen LogP contribution in [0.5, 0.6) is 5.75 Å². The Labute approximate surface area is 166 Å². The molecule has 3 aromatic rings. The lowest BCUT2D eigenvalue weighted by Crippen LogP contribution is -2.37. The number of rotatable bonds is 5. The van der Waals surface area contributed by atoms with Gasteiger partial charge in [-0.05, 0) is 36.4 Å². The predicted octanol–water partition coefficient (Wildman–Crippen LogP) is 2.68. The fourth-order valence-corrected chi connectivity index (χ4v) is 3.24. The van der Waals surface area contributed by atoms with E-state index in [1.54, 1.807) is 60.5 Å². The summed E-state index contributed by atoms with van der Waals surface area (Å²) in [4.78, 5) is 40.2. The largest absolute Gasteiger partial charge is 0.497 e. The molecule has 0 atom stereocenters. The van der Waals surface area contributed by atoms with Crippen molar-refractivity contribution in [1.82, 2.24) is 4.90 Å². The van der Waals surface area contributed by atoms with E-state index in [1.807, 2.05) is 6.07 Å². The van der Waals surface area contributed by atoms with Crippen molar-refractivity contribution in [2.75, 3.05) is 37.0 Å². The summed E-state index contributed by atoms with van der Waals surface area (Å²) < 4.78 is 10.3. The first kappa shape index (κ1) is 18.5. The lowest BCUT2D eigenvalue weighted by atomic mass is 10.2. The zero-order chi connectivity index (χ0) is 20.4. The molecule has 0 unspecified atom stereocenters. The average molecular weight is 393 g/mol. The molecule has 8 heteroatoms. The molecule has 0 spiro atoms. The molecular weight excluding hydrogens is 374 g/mol. The Balaban J connectivity index is 1.43. The van der Waals surface area contributed by atoms with Gasteiger partial charge < -0.3 is 19.4 Å². The molecular formula is C21H19N3O5. The number of urea groups is 1. The van der Waals surface area contributed by atoms with Gasteiger partial charge in [0, 0.05) is 24.2 Å². The van der Waals surface area contributed by atoms with Crippen molar-refractivity contribution >= 4 is 34.3 Å². The Hall–Kier alpha value is -3.81. The van der Waals surface area contributed by atoms with Crippen molar-refractivity contribution in [1.29, 1.82) is 0 Å². The molecule has 1 N–H and O–H groups in total. The third-order valence-electron chi connectivity index (χ3n) is 4.73. The number of anilines is 2. The second kappa shape index (κ2) is 7.67. The number of methoxy groups -OCH3 is 1. The number of carbonyl (C=O) groups excluding carboxylic acids is 2. The molecule has 1 aromatic heterocycles. The number of nitrogens with one attached hydrogen (secondary N) is 1. The second-order valence-electron chi connectivity index (χ2n) is 6.59. The molecule has 2 aromatic carbocycles. The van der Waals surface area contributed by atoms with Crippen molar-refractivity contribution in [3.05, 3.63) is 65.0 Å². The van der Waals surface area contributed by atoms with E-state index in [9.17, 15) is 14.4 Å². The molecule has 0 aliphatic carbocycles. The number of ether oxygens (including phenoxy) is 1. The Morgan fingerprint density at radius 2 is 1.86 bits per heavy atom. The Kier molecular flexibility index (Phi) is 4.90. The Morgan fingerprint density at radius 1 is 1.10 bits per heavy atom. The molecule has 0 bridgehead atoms. The smallest absolute Gasteiger partial charge is 0.360 e. The fraction of sp³-hybridized carbons (Fsp3) is 0.190. The zero-order valence-corrected chi connectivity index (χ0v) is 15.8. The van der Waals surface area contributed by atoms with Gasteiger partial charge in [0.25, 0.3) is 0 Å². The standard InChI is InChI=1S/C21H19N3O5/c1-28-16-8-6-15(7-9-16)24-11-10-23(21(24)27)13-19(25)22-17-12-14-4-2-3-5-18(14)29-20(17)26/h2-9,12H,10-11,13H2,1H3,(H,22,25). The summed E-state index contributed by atoms with van der Waals surface area (Å²) >= 11 is 0. The number of benzene rings is 2. The molecule has 1 fully saturated rings. The second-order valence-corrected chi connectivity index (χ2v) is 6.59. The van der Waals surface area contributed by atoms with Gasteiger partial charge in [-0.3, -0.25) is 9.69 Å². The van der Waals surface area contributed by atoms with Crippen molar-refractivity contribution < 1.29 is 18.7 Å². The van der Waals surface area contributed by atoms with Crippen LogP contribution >= 0.6 is 0 Å². The molecule has 1 aliphatic rings. The minimum atomic E-state index is -0.635. The first-order valence-electron chi connectivity index (χ1n) is 9.08. The molecule has 8 nitrogen and oxygen atoms in total. The first-order chi connectivity index (χ1) is 14.0. The fourth-order valence-electron chi connectivity index (χ4n) is 3.24. The third-order valence-corrected chi connectivity index (χ3v) is 4.73. The van der Waals surface area contributed by atoms with E-state index in [2.05, 4.69) is 5.32 Å². The van der Waals surface area contributed by atoms with Crippen LogP contribution in [0.25, 0.3) is 11.0 Å². The summed E-state index contributed by atoms with van der Waals surface area (Å²) in [6.07, 6.45) is 0. The summed E-state index contributed by atoms with van der Waals surface area (Å²) in [5.41, 5.74) is 0.589. The number of hydrogen-bond donors (Lipinski definition) is 1. The molecule has 2 heterocycles. The number of hydrogen-bond acceptors (Lipinski definition) is 5. The SMILES string of the molecule is COc1ccc(N2CCN(CC(=O)Nc3cc4ccccc4oc3=O)C2=O)cc1. The Bertz CT molecular complexity index is 1120. The van der Waals surface area contributed by atoms with Crippen LogP contribution in [-0.2, 0) is 4.79 Å². The first-order valence-corrected chi connectivity index (χ1v) is 9.08. The van der Waals surface area contributed by atoms with Crippen LogP contribution in [-0.4, -0.2) is 43.6 Å². The molecule has 1 aliphatic heterocycles. The van der Waals surface area contributed by atoms with Gasteiger partial charge >= 0.3 is 11.7 Å². The monoisotopic (exact) mass is 393 g/mol. The van der Waals surface area contributed by atoms with E-state index in [0.717, 1.165) is 5.69 Å². The van der Waals surface area contributed by atoms with E-state index in [-0.39, 0.29) is 18.3 Å². The highest BCUT2D eigenvalue weighted by atomic mass is 16.5. The highest BCUT2D eigenvalue weighted by molar-refractivity contribution is 5.99. The highest BCUT2D eigenvalue weighted by Crippen LogP contribution is 2.23. The van der Waals surface area contributed by atoms with Gasteiger partial charge in [-0.15, -0.1) is 0 Å². The van der Waals surface area contributed by atoms with Gasteiger partial charge in [0.1, 0.15) is 23.6 Å². The molecule has 148 valence electrons. The van der Waals surface area contributed by atoms with Gasteiger partial charge in [-0.25, -0.2) is 9.59 Å². The van der Waals surface area contributed by atoms with Gasteiger partial charge in [0.05, 0.1) is 7.11 Å². The van der Waals surface area contributed by atoms with Crippen molar-refractivity contribution in [2.45, 2.75) is 0 Å². The summed E-state index contributed by atoms with van der Waals surface area (Å²) in [6, 6.07) is 15.5. The van der Waals surface area contributed by atoms with Crippen molar-refractivity contribution in [2.24, 2.45) is 0 Å². The van der Waals surface area contributed by atoms with E-state index >= 15 is 0 Å². The number of fused-ring (bicyclic) bond motifs is 1. The van der Waals surface area contributed by atoms with Crippen molar-refractivity contribution in [3.63, 3.8) is 0 Å². The number of carbonyl (C=O) groups is 2. The summed E-state index contributed by atoms with van der Waals surface area (Å²) in [7, 11) is 1.58. The molecule has 0 saturated carbocycles. The van der Waals surface area contributed by atoms with Gasteiger partial charge in [-0.2, -0.15) is 0 Å². The van der Waals surface area contributed by atoms with Gasteiger partial charge in [0.2, 0.25) is 5.91 Å². The van der Waals surface area contributed by atoms with Crippen LogP contribution in [0.3, 0.4) is 0 Å². The van der Waals surface area contributed by atoms with Crippen LogP contribution in [0.1, 0.15) is 0 Å². The van der Waals surface area contributed by atoms with Gasteiger partial charge in [-0.1, -0.05) is 18.2 Å². The summed E-state index contributed by atoms with van der Waals surface area (Å²) in [5.74, 6) is 0.239. The van der Waals surface area contributed by atoms with Crippen LogP contribution < -0.4 is 20.6 Å². The Morgan fingerprint density at radius 3 is 2.62 bits per heavy atom. The zero-order valence-electron chi connectivity index (χ0n) is 15.8. The van der Waals surface area contributed by atoms with E-state index in [4.69, 9.17) is 9.15 Å². The lowest BCUT2D eigenvalue weighted by molar-refractivity contribution is -0.116. The number of para-hydroxylation sites is 1. The minimum Gasteiger partial charge on any atom is -0.497 e. The van der Waals surface area contributed by atoms with Crippen LogP contribution in [0.2, 0.25) is 0 Å². The number of amides is 3. The van der Waals surface area contributed by atoms with E-state index in [0.29, 0.717) is 29.8 Å². The normalized spacial score (nSPS) is 13.8. The highest BCUT2D eigenvalue weighted by Gasteiger charge is 2.31. The number of nitrogens with zero attached hydrogens (tertiary/aromatic N) is 2. The molecule has 29 heavy (non-hydrogen) atoms. The van der Waals surface area contributed by atoms with Crippen LogP contribution in [0.15, 0.2) is 63.8 Å². The molecule has 1 saturated heterocycles. The van der Waals surface area contributed by atoms with Gasteiger partial charge in [0.15, 0.2) is 0 Å². The average Bonchev–Trinajstić information content (AvgIpc) is 3.08. The third kappa shape index (κ3) is 3.77. The van der Waals surface area contributed by atoms with E-state index in [1.165, 1.54) is 4.90 Å². The summed E-state index contributed by atoms with van der Waals surface area (Å²) in [5, 5.41) is 3.24. The topological polar surface area (TPSA) is 92.1 Å². The molecule has 0 radical (unpaired) electrons.